The number of rotatable bonds is 4. The first-order valence-electron chi connectivity index (χ1n) is 10.1. The highest BCUT2D eigenvalue weighted by atomic mass is 16.5. The van der Waals surface area contributed by atoms with Crippen LogP contribution in [0, 0.1) is 6.92 Å². The van der Waals surface area contributed by atoms with Crippen LogP contribution < -0.4 is 14.7 Å². The Morgan fingerprint density at radius 2 is 1.54 bits per heavy atom. The molecule has 0 bridgehead atoms. The average molecular weight is 384 g/mol. The zero-order valence-corrected chi connectivity index (χ0v) is 17.0. The summed E-state index contributed by atoms with van der Waals surface area (Å²) in [6.07, 6.45) is 1.86. The first-order chi connectivity index (χ1) is 13.6. The van der Waals surface area contributed by atoms with Crippen LogP contribution in [0.3, 0.4) is 0 Å². The van der Waals surface area contributed by atoms with Gasteiger partial charge in [0, 0.05) is 63.1 Å². The standard InChI is InChI=1S/C20H29N7O/c1-15(2)19-21-5-4-17(23-19)25-6-8-27(9-7-25)20-22-16(3)14-18(24-20)26-10-12-28-13-11-26/h4-5,14-15H,6-13H2,1-3H3. The van der Waals surface area contributed by atoms with Gasteiger partial charge in [0.1, 0.15) is 17.5 Å². The highest BCUT2D eigenvalue weighted by Crippen LogP contribution is 2.21. The second-order valence-electron chi connectivity index (χ2n) is 7.67. The van der Waals surface area contributed by atoms with Crippen LogP contribution in [-0.4, -0.2) is 72.4 Å². The lowest BCUT2D eigenvalue weighted by Gasteiger charge is -2.36. The van der Waals surface area contributed by atoms with Crippen LogP contribution in [0.2, 0.25) is 0 Å². The molecule has 0 N–H and O–H groups in total. The quantitative estimate of drug-likeness (QED) is 0.792. The smallest absolute Gasteiger partial charge is 0.227 e. The van der Waals surface area contributed by atoms with Crippen molar-refractivity contribution in [3.05, 3.63) is 29.8 Å². The lowest BCUT2D eigenvalue weighted by Crippen LogP contribution is -2.47. The number of ether oxygens (including phenoxy) is 1. The lowest BCUT2D eigenvalue weighted by molar-refractivity contribution is 0.122. The van der Waals surface area contributed by atoms with E-state index in [0.29, 0.717) is 5.92 Å². The van der Waals surface area contributed by atoms with E-state index < -0.39 is 0 Å². The van der Waals surface area contributed by atoms with Gasteiger partial charge in [-0.25, -0.2) is 15.0 Å². The number of anilines is 3. The summed E-state index contributed by atoms with van der Waals surface area (Å²) in [4.78, 5) is 25.5. The van der Waals surface area contributed by atoms with Gasteiger partial charge in [-0.05, 0) is 13.0 Å². The molecule has 2 aromatic rings. The molecule has 2 fully saturated rings. The maximum atomic E-state index is 5.46. The van der Waals surface area contributed by atoms with E-state index in [9.17, 15) is 0 Å². The Morgan fingerprint density at radius 3 is 2.25 bits per heavy atom. The molecule has 0 unspecified atom stereocenters. The zero-order chi connectivity index (χ0) is 19.5. The third-order valence-corrected chi connectivity index (χ3v) is 5.23. The van der Waals surface area contributed by atoms with E-state index in [1.165, 1.54) is 0 Å². The normalized spacial score (nSPS) is 18.1. The second-order valence-corrected chi connectivity index (χ2v) is 7.67. The van der Waals surface area contributed by atoms with Gasteiger partial charge < -0.3 is 19.4 Å². The Morgan fingerprint density at radius 1 is 0.857 bits per heavy atom. The van der Waals surface area contributed by atoms with E-state index in [-0.39, 0.29) is 0 Å². The summed E-state index contributed by atoms with van der Waals surface area (Å²) in [5.41, 5.74) is 1.01. The molecule has 2 aromatic heterocycles. The van der Waals surface area contributed by atoms with Crippen LogP contribution in [0.15, 0.2) is 18.3 Å². The SMILES string of the molecule is Cc1cc(N2CCOCC2)nc(N2CCN(c3ccnc(C(C)C)n3)CC2)n1. The molecule has 0 aromatic carbocycles. The van der Waals surface area contributed by atoms with Gasteiger partial charge in [0.05, 0.1) is 13.2 Å². The molecule has 150 valence electrons. The summed E-state index contributed by atoms with van der Waals surface area (Å²) in [6, 6.07) is 4.07. The molecular weight excluding hydrogens is 354 g/mol. The molecule has 2 aliphatic rings. The van der Waals surface area contributed by atoms with Crippen molar-refractivity contribution < 1.29 is 4.74 Å². The second kappa shape index (κ2) is 8.26. The number of morpholine rings is 1. The molecule has 8 heteroatoms. The zero-order valence-electron chi connectivity index (χ0n) is 17.0. The van der Waals surface area contributed by atoms with Gasteiger partial charge in [-0.1, -0.05) is 13.8 Å². The fourth-order valence-electron chi connectivity index (χ4n) is 3.59. The fraction of sp³-hybridized carbons (Fsp3) is 0.600. The highest BCUT2D eigenvalue weighted by Gasteiger charge is 2.22. The molecule has 4 heterocycles. The minimum absolute atomic E-state index is 0.334. The van der Waals surface area contributed by atoms with Crippen molar-refractivity contribution in [2.24, 2.45) is 0 Å². The first kappa shape index (κ1) is 18.9. The minimum Gasteiger partial charge on any atom is -0.378 e. The summed E-state index contributed by atoms with van der Waals surface area (Å²) in [5, 5.41) is 0. The van der Waals surface area contributed by atoms with Crippen LogP contribution in [-0.2, 0) is 4.74 Å². The Kier molecular flexibility index (Phi) is 5.57. The number of hydrogen-bond donors (Lipinski definition) is 0. The lowest BCUT2D eigenvalue weighted by atomic mass is 10.2. The van der Waals surface area contributed by atoms with Crippen molar-refractivity contribution in [3.8, 4) is 0 Å². The largest absolute Gasteiger partial charge is 0.378 e. The van der Waals surface area contributed by atoms with E-state index in [0.717, 1.165) is 81.6 Å². The molecule has 28 heavy (non-hydrogen) atoms. The molecule has 0 aliphatic carbocycles. The molecule has 0 spiro atoms. The number of piperazine rings is 1. The van der Waals surface area contributed by atoms with Gasteiger partial charge in [0.15, 0.2) is 0 Å². The average Bonchev–Trinajstić information content (AvgIpc) is 2.74. The van der Waals surface area contributed by atoms with Gasteiger partial charge in [0.25, 0.3) is 0 Å². The van der Waals surface area contributed by atoms with Crippen molar-refractivity contribution in [1.29, 1.82) is 0 Å². The van der Waals surface area contributed by atoms with Gasteiger partial charge in [-0.2, -0.15) is 4.98 Å². The van der Waals surface area contributed by atoms with E-state index >= 15 is 0 Å². The predicted octanol–water partition coefficient (Wildman–Crippen LogP) is 1.86. The fourth-order valence-corrected chi connectivity index (χ4v) is 3.59. The third-order valence-electron chi connectivity index (χ3n) is 5.23. The maximum absolute atomic E-state index is 5.46. The van der Waals surface area contributed by atoms with Gasteiger partial charge in [-0.3, -0.25) is 0 Å². The molecular formula is C20H29N7O. The number of aryl methyl sites for hydroxylation is 1. The third kappa shape index (κ3) is 4.16. The van der Waals surface area contributed by atoms with Gasteiger partial charge >= 0.3 is 0 Å². The van der Waals surface area contributed by atoms with Crippen molar-refractivity contribution in [3.63, 3.8) is 0 Å². The first-order valence-corrected chi connectivity index (χ1v) is 10.1. The van der Waals surface area contributed by atoms with Crippen LogP contribution in [0.25, 0.3) is 0 Å². The number of hydrogen-bond acceptors (Lipinski definition) is 8. The molecule has 0 saturated carbocycles. The highest BCUT2D eigenvalue weighted by molar-refractivity contribution is 5.48. The Bertz CT molecular complexity index is 799. The van der Waals surface area contributed by atoms with Crippen molar-refractivity contribution in [1.82, 2.24) is 19.9 Å². The van der Waals surface area contributed by atoms with Crippen LogP contribution in [0.4, 0.5) is 17.6 Å². The molecule has 0 radical (unpaired) electrons. The number of nitrogens with zero attached hydrogens (tertiary/aromatic N) is 7. The summed E-state index contributed by atoms with van der Waals surface area (Å²) in [7, 11) is 0. The maximum Gasteiger partial charge on any atom is 0.227 e. The molecule has 0 atom stereocenters. The predicted molar refractivity (Wildman–Crippen MR) is 110 cm³/mol. The van der Waals surface area contributed by atoms with Crippen LogP contribution >= 0.6 is 0 Å². The molecule has 2 saturated heterocycles. The monoisotopic (exact) mass is 383 g/mol. The van der Waals surface area contributed by atoms with Crippen molar-refractivity contribution >= 4 is 17.6 Å². The van der Waals surface area contributed by atoms with Crippen LogP contribution in [0.1, 0.15) is 31.3 Å². The summed E-state index contributed by atoms with van der Waals surface area (Å²) < 4.78 is 5.46. The number of aromatic nitrogens is 4. The Hall–Kier alpha value is -2.48. The van der Waals surface area contributed by atoms with Gasteiger partial charge in [0.2, 0.25) is 5.95 Å². The molecule has 4 rings (SSSR count). The van der Waals surface area contributed by atoms with Crippen molar-refractivity contribution in [2.45, 2.75) is 26.7 Å². The Labute approximate surface area is 166 Å². The molecule has 8 nitrogen and oxygen atoms in total. The molecule has 2 aliphatic heterocycles. The minimum atomic E-state index is 0.334. The molecule has 0 amide bonds. The van der Waals surface area contributed by atoms with Crippen molar-refractivity contribution in [2.75, 3.05) is 67.2 Å². The summed E-state index contributed by atoms with van der Waals surface area (Å²) >= 11 is 0. The van der Waals surface area contributed by atoms with E-state index in [2.05, 4.69) is 39.6 Å². The van der Waals surface area contributed by atoms with Crippen LogP contribution in [0.5, 0.6) is 0 Å². The Balaban J connectivity index is 1.45. The van der Waals surface area contributed by atoms with Gasteiger partial charge in [-0.15, -0.1) is 0 Å². The summed E-state index contributed by atoms with van der Waals surface area (Å²) in [6.45, 7) is 13.1. The van der Waals surface area contributed by atoms with E-state index in [1.807, 2.05) is 19.2 Å². The summed E-state index contributed by atoms with van der Waals surface area (Å²) in [5.74, 6) is 4.08. The topological polar surface area (TPSA) is 70.5 Å². The van der Waals surface area contributed by atoms with E-state index in [1.54, 1.807) is 0 Å². The van der Waals surface area contributed by atoms with E-state index in [4.69, 9.17) is 19.7 Å².